The van der Waals surface area contributed by atoms with Crippen LogP contribution in [0.2, 0.25) is 10.0 Å². The van der Waals surface area contributed by atoms with Crippen LogP contribution in [0.25, 0.3) is 16.6 Å². The van der Waals surface area contributed by atoms with Gasteiger partial charge >= 0.3 is 5.97 Å². The molecule has 0 spiro atoms. The lowest BCUT2D eigenvalue weighted by Crippen LogP contribution is -2.36. The molecule has 0 saturated carbocycles. The monoisotopic (exact) mass is 432 g/mol. The summed E-state index contributed by atoms with van der Waals surface area (Å²) in [5, 5.41) is 10.7. The highest BCUT2D eigenvalue weighted by Gasteiger charge is 2.23. The van der Waals surface area contributed by atoms with Gasteiger partial charge in [0.15, 0.2) is 0 Å². The summed E-state index contributed by atoms with van der Waals surface area (Å²) in [7, 11) is 0. The molecule has 0 aliphatic carbocycles. The maximum Gasteiger partial charge on any atom is 0.303 e. The summed E-state index contributed by atoms with van der Waals surface area (Å²) < 4.78 is 1.95. The van der Waals surface area contributed by atoms with Gasteiger partial charge in [-0.15, -0.1) is 0 Å². The first kappa shape index (κ1) is 20.0. The van der Waals surface area contributed by atoms with Gasteiger partial charge in [0.25, 0.3) is 0 Å². The molecule has 2 aromatic heterocycles. The zero-order valence-corrected chi connectivity index (χ0v) is 17.4. The van der Waals surface area contributed by atoms with Gasteiger partial charge in [-0.2, -0.15) is 0 Å². The Morgan fingerprint density at radius 2 is 2.17 bits per heavy atom. The number of carboxylic acid groups (broad SMARTS) is 1. The number of hydrogen-bond acceptors (Lipinski definition) is 4. The number of imidazole rings is 1. The molecule has 4 rings (SSSR count). The van der Waals surface area contributed by atoms with E-state index >= 15 is 0 Å². The standard InChI is InChI=1S/C21H22Cl2N4O2/c22-16-7-6-15-17(27-10-8-24-13-27)11-18(25-21(15)20(16)23)26-9-2-4-14(12-26)3-1-5-19(28)29/h6-8,10-11,13-14H,1-5,9,12H2,(H,28,29). The third-order valence-electron chi connectivity index (χ3n) is 5.47. The molecule has 1 N–H and O–H groups in total. The van der Waals surface area contributed by atoms with Crippen molar-refractivity contribution in [3.63, 3.8) is 0 Å². The number of anilines is 1. The minimum Gasteiger partial charge on any atom is -0.481 e. The van der Waals surface area contributed by atoms with E-state index in [1.165, 1.54) is 0 Å². The molecule has 1 aromatic carbocycles. The Morgan fingerprint density at radius 3 is 2.93 bits per heavy atom. The van der Waals surface area contributed by atoms with E-state index in [-0.39, 0.29) is 6.42 Å². The number of aliphatic carboxylic acids is 1. The second kappa shape index (κ2) is 8.59. The molecule has 0 amide bonds. The van der Waals surface area contributed by atoms with Gasteiger partial charge in [-0.1, -0.05) is 23.2 Å². The molecule has 152 valence electrons. The Kier molecular flexibility index (Phi) is 5.92. The van der Waals surface area contributed by atoms with Crippen LogP contribution in [0.15, 0.2) is 36.9 Å². The van der Waals surface area contributed by atoms with E-state index in [4.69, 9.17) is 33.3 Å². The first-order valence-electron chi connectivity index (χ1n) is 9.77. The normalized spacial score (nSPS) is 17.0. The van der Waals surface area contributed by atoms with Crippen molar-refractivity contribution in [1.82, 2.24) is 14.5 Å². The zero-order valence-electron chi connectivity index (χ0n) is 15.9. The van der Waals surface area contributed by atoms with Crippen molar-refractivity contribution >= 4 is 45.9 Å². The third kappa shape index (κ3) is 4.33. The molecule has 3 aromatic rings. The lowest BCUT2D eigenvalue weighted by Gasteiger charge is -2.34. The molecular weight excluding hydrogens is 411 g/mol. The van der Waals surface area contributed by atoms with E-state index in [0.717, 1.165) is 49.2 Å². The number of carbonyl (C=O) groups is 1. The lowest BCUT2D eigenvalue weighted by atomic mass is 9.92. The van der Waals surface area contributed by atoms with Crippen LogP contribution >= 0.6 is 23.2 Å². The van der Waals surface area contributed by atoms with Crippen LogP contribution in [0.1, 0.15) is 32.1 Å². The maximum atomic E-state index is 10.8. The summed E-state index contributed by atoms with van der Waals surface area (Å²) in [6.45, 7) is 1.77. The van der Waals surface area contributed by atoms with Crippen molar-refractivity contribution in [3.05, 3.63) is 47.0 Å². The minimum absolute atomic E-state index is 0.226. The number of nitrogens with zero attached hydrogens (tertiary/aromatic N) is 4. The number of fused-ring (bicyclic) bond motifs is 1. The van der Waals surface area contributed by atoms with Crippen molar-refractivity contribution in [2.45, 2.75) is 32.1 Å². The van der Waals surface area contributed by atoms with Gasteiger partial charge in [-0.25, -0.2) is 9.97 Å². The summed E-state index contributed by atoms with van der Waals surface area (Å²) in [6.07, 6.45) is 9.41. The van der Waals surface area contributed by atoms with Crippen LogP contribution in [0.5, 0.6) is 0 Å². The Bertz CT molecular complexity index is 1020. The average Bonchev–Trinajstić information content (AvgIpc) is 3.25. The van der Waals surface area contributed by atoms with Crippen LogP contribution in [0.4, 0.5) is 5.82 Å². The highest BCUT2D eigenvalue weighted by atomic mass is 35.5. The van der Waals surface area contributed by atoms with E-state index in [1.807, 2.05) is 16.8 Å². The predicted octanol–water partition coefficient (Wildman–Crippen LogP) is 5.20. The van der Waals surface area contributed by atoms with E-state index in [2.05, 4.69) is 16.0 Å². The highest BCUT2D eigenvalue weighted by molar-refractivity contribution is 6.45. The van der Waals surface area contributed by atoms with Crippen LogP contribution in [-0.4, -0.2) is 38.7 Å². The quantitative estimate of drug-likeness (QED) is 0.579. The number of hydrogen-bond donors (Lipinski definition) is 1. The molecule has 29 heavy (non-hydrogen) atoms. The SMILES string of the molecule is O=C(O)CCCC1CCCN(c2cc(-n3ccnc3)c3ccc(Cl)c(Cl)c3n2)C1. The molecule has 6 nitrogen and oxygen atoms in total. The second-order valence-electron chi connectivity index (χ2n) is 7.47. The molecule has 0 bridgehead atoms. The molecule has 1 saturated heterocycles. The largest absolute Gasteiger partial charge is 0.481 e. The molecule has 1 fully saturated rings. The van der Waals surface area contributed by atoms with E-state index in [9.17, 15) is 4.79 Å². The van der Waals surface area contributed by atoms with Gasteiger partial charge in [0.05, 0.1) is 27.6 Å². The van der Waals surface area contributed by atoms with Gasteiger partial charge in [-0.3, -0.25) is 4.79 Å². The molecule has 8 heteroatoms. The molecule has 1 aliphatic rings. The Balaban J connectivity index is 1.68. The fourth-order valence-electron chi connectivity index (χ4n) is 4.03. The average molecular weight is 433 g/mol. The molecule has 1 atom stereocenters. The molecule has 0 radical (unpaired) electrons. The number of aromatic nitrogens is 3. The van der Waals surface area contributed by atoms with Gasteiger partial charge in [0.2, 0.25) is 0 Å². The van der Waals surface area contributed by atoms with Crippen LogP contribution in [0, 0.1) is 5.92 Å². The van der Waals surface area contributed by atoms with Gasteiger partial charge in [-0.05, 0) is 43.7 Å². The van der Waals surface area contributed by atoms with E-state index in [1.54, 1.807) is 18.6 Å². The van der Waals surface area contributed by atoms with Crippen molar-refractivity contribution < 1.29 is 9.90 Å². The number of benzene rings is 1. The maximum absolute atomic E-state index is 10.8. The van der Waals surface area contributed by atoms with Crippen molar-refractivity contribution in [3.8, 4) is 5.69 Å². The first-order chi connectivity index (χ1) is 14.0. The van der Waals surface area contributed by atoms with Crippen LogP contribution in [-0.2, 0) is 4.79 Å². The van der Waals surface area contributed by atoms with E-state index in [0.29, 0.717) is 27.9 Å². The number of halogens is 2. The van der Waals surface area contributed by atoms with Gasteiger partial charge in [0, 0.05) is 43.4 Å². The predicted molar refractivity (Wildman–Crippen MR) is 115 cm³/mol. The smallest absolute Gasteiger partial charge is 0.303 e. The second-order valence-corrected chi connectivity index (χ2v) is 8.25. The zero-order chi connectivity index (χ0) is 20.4. The minimum atomic E-state index is -0.731. The highest BCUT2D eigenvalue weighted by Crippen LogP contribution is 2.35. The number of carboxylic acids is 1. The number of pyridine rings is 1. The van der Waals surface area contributed by atoms with E-state index < -0.39 is 5.97 Å². The Morgan fingerprint density at radius 1 is 1.31 bits per heavy atom. The Labute approximate surface area is 179 Å². The summed E-state index contributed by atoms with van der Waals surface area (Å²) in [5.74, 6) is 0.589. The molecule has 3 heterocycles. The number of rotatable bonds is 6. The first-order valence-corrected chi connectivity index (χ1v) is 10.5. The molecule has 1 unspecified atom stereocenters. The van der Waals surface area contributed by atoms with Crippen LogP contribution < -0.4 is 4.90 Å². The van der Waals surface area contributed by atoms with Crippen molar-refractivity contribution in [1.29, 1.82) is 0 Å². The molecule has 1 aliphatic heterocycles. The topological polar surface area (TPSA) is 71.2 Å². The Hall–Kier alpha value is -2.31. The van der Waals surface area contributed by atoms with Crippen LogP contribution in [0.3, 0.4) is 0 Å². The van der Waals surface area contributed by atoms with Crippen molar-refractivity contribution in [2.24, 2.45) is 5.92 Å². The summed E-state index contributed by atoms with van der Waals surface area (Å²) >= 11 is 12.8. The summed E-state index contributed by atoms with van der Waals surface area (Å²) in [4.78, 5) is 22.1. The van der Waals surface area contributed by atoms with Crippen molar-refractivity contribution in [2.75, 3.05) is 18.0 Å². The fraction of sp³-hybridized carbons (Fsp3) is 0.381. The number of piperidine rings is 1. The summed E-state index contributed by atoms with van der Waals surface area (Å²) in [5.41, 5.74) is 1.63. The third-order valence-corrected chi connectivity index (χ3v) is 6.26. The molecular formula is C21H22Cl2N4O2. The van der Waals surface area contributed by atoms with Gasteiger partial charge < -0.3 is 14.6 Å². The fourth-order valence-corrected chi connectivity index (χ4v) is 4.39. The summed E-state index contributed by atoms with van der Waals surface area (Å²) in [6, 6.07) is 5.78. The van der Waals surface area contributed by atoms with Gasteiger partial charge in [0.1, 0.15) is 5.82 Å². The lowest BCUT2D eigenvalue weighted by molar-refractivity contribution is -0.137.